The van der Waals surface area contributed by atoms with Gasteiger partial charge in [-0.25, -0.2) is 4.79 Å². The van der Waals surface area contributed by atoms with Gasteiger partial charge >= 0.3 is 18.1 Å². The highest BCUT2D eigenvalue weighted by Gasteiger charge is 2.31. The minimum Gasteiger partial charge on any atom is -0.425 e. The van der Waals surface area contributed by atoms with E-state index >= 15 is 0 Å². The molecule has 1 N–H and O–H groups in total. The maximum absolute atomic E-state index is 13.4. The van der Waals surface area contributed by atoms with Crippen molar-refractivity contribution in [2.24, 2.45) is 7.05 Å². The molecule has 37 heavy (non-hydrogen) atoms. The number of aryl methyl sites for hydroxylation is 1. The summed E-state index contributed by atoms with van der Waals surface area (Å²) in [5, 5.41) is 10.0. The summed E-state index contributed by atoms with van der Waals surface area (Å²) >= 11 is 5.92. The minimum atomic E-state index is -4.90. The van der Waals surface area contributed by atoms with Crippen molar-refractivity contribution in [3.05, 3.63) is 74.1 Å². The zero-order valence-corrected chi connectivity index (χ0v) is 20.3. The zero-order valence-electron chi connectivity index (χ0n) is 19.6. The summed E-state index contributed by atoms with van der Waals surface area (Å²) in [6.45, 7) is 1.45. The second-order valence-corrected chi connectivity index (χ2v) is 8.62. The molecule has 1 atom stereocenters. The molecule has 0 aliphatic carbocycles. The third-order valence-electron chi connectivity index (χ3n) is 5.32. The molecular weight excluding hydrogens is 519 g/mol. The molecule has 4 rings (SSSR count). The Morgan fingerprint density at radius 3 is 2.51 bits per heavy atom. The Kier molecular flexibility index (Phi) is 7.28. The fourth-order valence-electron chi connectivity index (χ4n) is 3.59. The van der Waals surface area contributed by atoms with Crippen LogP contribution in [0, 0.1) is 0 Å². The average Bonchev–Trinajstić information content (AvgIpc) is 3.16. The Morgan fingerprint density at radius 1 is 1.14 bits per heavy atom. The van der Waals surface area contributed by atoms with E-state index in [-0.39, 0.29) is 42.4 Å². The first-order chi connectivity index (χ1) is 17.4. The molecular formula is C23H21ClF3N5O5. The van der Waals surface area contributed by atoms with Gasteiger partial charge in [0.2, 0.25) is 0 Å². The van der Waals surface area contributed by atoms with Crippen LogP contribution >= 0.6 is 11.6 Å². The van der Waals surface area contributed by atoms with Crippen molar-refractivity contribution >= 4 is 22.8 Å². The van der Waals surface area contributed by atoms with Crippen LogP contribution in [0.5, 0.6) is 17.5 Å². The van der Waals surface area contributed by atoms with Crippen LogP contribution in [0.25, 0.3) is 11.2 Å². The minimum absolute atomic E-state index is 0.00198. The zero-order chi connectivity index (χ0) is 26.9. The van der Waals surface area contributed by atoms with Crippen LogP contribution in [-0.2, 0) is 20.1 Å². The van der Waals surface area contributed by atoms with Crippen LogP contribution < -0.4 is 20.7 Å². The van der Waals surface area contributed by atoms with Crippen LogP contribution in [0.1, 0.15) is 19.0 Å². The van der Waals surface area contributed by atoms with Gasteiger partial charge in [0, 0.05) is 25.9 Å². The van der Waals surface area contributed by atoms with E-state index in [2.05, 4.69) is 14.7 Å². The summed E-state index contributed by atoms with van der Waals surface area (Å²) in [7, 11) is 1.42. The molecule has 3 aromatic heterocycles. The van der Waals surface area contributed by atoms with Crippen molar-refractivity contribution in [2.75, 3.05) is 0 Å². The summed E-state index contributed by atoms with van der Waals surface area (Å²) in [5.41, 5.74) is -0.868. The lowest BCUT2D eigenvalue weighted by atomic mass is 10.3. The summed E-state index contributed by atoms with van der Waals surface area (Å²) in [5.74, 6) is -0.568. The molecule has 1 aromatic carbocycles. The van der Waals surface area contributed by atoms with Gasteiger partial charge in [0.25, 0.3) is 5.56 Å². The molecule has 0 fully saturated rings. The van der Waals surface area contributed by atoms with Crippen LogP contribution in [0.15, 0.2) is 52.2 Å². The van der Waals surface area contributed by atoms with E-state index in [1.807, 2.05) is 0 Å². The maximum Gasteiger partial charge on any atom is 0.573 e. The third kappa shape index (κ3) is 5.94. The van der Waals surface area contributed by atoms with Gasteiger partial charge in [-0.3, -0.25) is 23.5 Å². The summed E-state index contributed by atoms with van der Waals surface area (Å²) < 4.78 is 51.2. The lowest BCUT2D eigenvalue weighted by molar-refractivity contribution is -0.274. The first kappa shape index (κ1) is 26.2. The second kappa shape index (κ2) is 10.3. The maximum atomic E-state index is 13.4. The second-order valence-electron chi connectivity index (χ2n) is 8.18. The fraction of sp³-hybridized carbons (Fsp3) is 0.304. The number of hydrogen-bond donors (Lipinski definition) is 1. The van der Waals surface area contributed by atoms with E-state index in [1.54, 1.807) is 12.1 Å². The number of hydrogen-bond acceptors (Lipinski definition) is 7. The number of imidazole rings is 1. The van der Waals surface area contributed by atoms with E-state index in [1.165, 1.54) is 36.9 Å². The van der Waals surface area contributed by atoms with E-state index in [0.717, 1.165) is 21.3 Å². The number of aromatic nitrogens is 5. The number of fused-ring (bicyclic) bond motifs is 1. The number of aliphatic hydroxyl groups is 1. The molecule has 196 valence electrons. The van der Waals surface area contributed by atoms with E-state index < -0.39 is 29.5 Å². The molecule has 14 heteroatoms. The van der Waals surface area contributed by atoms with Crippen molar-refractivity contribution in [2.45, 2.75) is 38.9 Å². The summed E-state index contributed by atoms with van der Waals surface area (Å²) in [6, 6.07) is 7.83. The van der Waals surface area contributed by atoms with Gasteiger partial charge in [-0.15, -0.1) is 13.2 Å². The topological polar surface area (TPSA) is 113 Å². The van der Waals surface area contributed by atoms with Crippen molar-refractivity contribution in [3.63, 3.8) is 0 Å². The molecule has 3 heterocycles. The SMILES string of the molecule is CC(O)CCn1c(=O)c2c(nc(Oc3cccc(OC(F)(F)F)c3)n2Cc2ccc(Cl)cn2)n(C)c1=O. The van der Waals surface area contributed by atoms with Crippen molar-refractivity contribution in [1.29, 1.82) is 0 Å². The number of rotatable bonds is 8. The number of ether oxygens (including phenoxy) is 2. The Hall–Kier alpha value is -3.84. The third-order valence-corrected chi connectivity index (χ3v) is 5.55. The molecule has 0 saturated heterocycles. The van der Waals surface area contributed by atoms with Crippen molar-refractivity contribution in [1.82, 2.24) is 23.7 Å². The highest BCUT2D eigenvalue weighted by Crippen LogP contribution is 2.30. The predicted octanol–water partition coefficient (Wildman–Crippen LogP) is 3.46. The fourth-order valence-corrected chi connectivity index (χ4v) is 3.70. The highest BCUT2D eigenvalue weighted by atomic mass is 35.5. The van der Waals surface area contributed by atoms with Gasteiger partial charge in [-0.05, 0) is 37.6 Å². The number of halogens is 4. The molecule has 0 bridgehead atoms. The summed E-state index contributed by atoms with van der Waals surface area (Å²) in [6.07, 6.45) is -4.09. The molecule has 0 radical (unpaired) electrons. The standard InChI is InChI=1S/C23H21ClF3N5O5/c1-13(33)8-9-31-20(34)18-19(30(2)22(31)35)29-21(32(18)12-15-7-6-14(24)11-28-15)36-16-4-3-5-17(10-16)37-23(25,26)27/h3-7,10-11,13,33H,8-9,12H2,1-2H3. The first-order valence-corrected chi connectivity index (χ1v) is 11.3. The Morgan fingerprint density at radius 2 is 1.86 bits per heavy atom. The molecule has 0 amide bonds. The van der Waals surface area contributed by atoms with Crippen molar-refractivity contribution in [3.8, 4) is 17.5 Å². The number of nitrogens with zero attached hydrogens (tertiary/aromatic N) is 5. The van der Waals surface area contributed by atoms with Crippen LogP contribution in [0.2, 0.25) is 5.02 Å². The largest absolute Gasteiger partial charge is 0.573 e. The lowest BCUT2D eigenvalue weighted by Crippen LogP contribution is -2.40. The normalized spacial score (nSPS) is 12.6. The predicted molar refractivity (Wildman–Crippen MR) is 127 cm³/mol. The first-order valence-electron chi connectivity index (χ1n) is 10.9. The Bertz CT molecular complexity index is 1540. The molecule has 0 aliphatic heterocycles. The van der Waals surface area contributed by atoms with Gasteiger partial charge in [-0.2, -0.15) is 4.98 Å². The van der Waals surface area contributed by atoms with Gasteiger partial charge in [0.05, 0.1) is 23.4 Å². The number of benzene rings is 1. The molecule has 1 unspecified atom stereocenters. The van der Waals surface area contributed by atoms with Gasteiger partial charge in [0.15, 0.2) is 11.2 Å². The number of pyridine rings is 1. The number of aliphatic hydroxyl groups excluding tert-OH is 1. The molecule has 0 saturated carbocycles. The average molecular weight is 540 g/mol. The van der Waals surface area contributed by atoms with Gasteiger partial charge in [0.1, 0.15) is 11.5 Å². The smallest absolute Gasteiger partial charge is 0.425 e. The van der Waals surface area contributed by atoms with Crippen molar-refractivity contribution < 1.29 is 27.8 Å². The molecule has 0 spiro atoms. The Labute approximate surface area is 212 Å². The quantitative estimate of drug-likeness (QED) is 0.365. The van der Waals surface area contributed by atoms with Gasteiger partial charge < -0.3 is 14.6 Å². The van der Waals surface area contributed by atoms with Crippen LogP contribution in [-0.4, -0.2) is 41.2 Å². The Balaban J connectivity index is 1.87. The molecule has 0 aliphatic rings. The van der Waals surface area contributed by atoms with Gasteiger partial charge in [-0.1, -0.05) is 17.7 Å². The van der Waals surface area contributed by atoms with E-state index in [0.29, 0.717) is 10.7 Å². The highest BCUT2D eigenvalue weighted by molar-refractivity contribution is 6.30. The number of alkyl halides is 3. The van der Waals surface area contributed by atoms with E-state index in [4.69, 9.17) is 16.3 Å². The molecule has 4 aromatic rings. The van der Waals surface area contributed by atoms with E-state index in [9.17, 15) is 27.9 Å². The van der Waals surface area contributed by atoms with Crippen LogP contribution in [0.3, 0.4) is 0 Å². The molecule has 10 nitrogen and oxygen atoms in total. The lowest BCUT2D eigenvalue weighted by Gasteiger charge is -2.12. The monoisotopic (exact) mass is 539 g/mol. The summed E-state index contributed by atoms with van der Waals surface area (Å²) in [4.78, 5) is 34.8. The van der Waals surface area contributed by atoms with Crippen LogP contribution in [0.4, 0.5) is 13.2 Å².